The molecule has 1 unspecified atom stereocenters. The summed E-state index contributed by atoms with van der Waals surface area (Å²) in [4.78, 5) is 17.9. The molecule has 2 heterocycles. The van der Waals surface area contributed by atoms with Crippen LogP contribution in [0.2, 0.25) is 0 Å². The number of nitrogens with zero attached hydrogens (tertiary/aromatic N) is 1. The van der Waals surface area contributed by atoms with Crippen molar-refractivity contribution in [2.24, 2.45) is 0 Å². The first-order valence-electron chi connectivity index (χ1n) is 9.32. The highest BCUT2D eigenvalue weighted by atomic mass is 16.3. The van der Waals surface area contributed by atoms with Crippen molar-refractivity contribution in [2.75, 3.05) is 26.2 Å². The number of aryl methyl sites for hydroxylation is 2. The fourth-order valence-electron chi connectivity index (χ4n) is 3.71. The van der Waals surface area contributed by atoms with Crippen LogP contribution >= 0.6 is 0 Å². The van der Waals surface area contributed by atoms with Crippen LogP contribution in [0.4, 0.5) is 0 Å². The number of unbranched alkanes of at least 4 members (excludes halogenated alkanes) is 1. The number of aromatic amines is 1. The maximum atomic E-state index is 12.3. The van der Waals surface area contributed by atoms with E-state index in [1.165, 1.54) is 17.5 Å². The number of aliphatic hydroxyl groups excluding tert-OH is 1. The van der Waals surface area contributed by atoms with E-state index in [0.29, 0.717) is 18.3 Å². The molecule has 1 aliphatic heterocycles. The highest BCUT2D eigenvalue weighted by molar-refractivity contribution is 5.99. The standard InChI is InChI=1S/C20H29N3O2/c1-14-7-8-18-17(15(14)2)12-19(22-18)20(25)21-9-3-4-10-23-11-5-6-16(23)13-24/h7-8,12,16,22,24H,3-6,9-11,13H2,1-2H3,(H,21,25). The fraction of sp³-hybridized carbons (Fsp3) is 0.550. The monoisotopic (exact) mass is 343 g/mol. The van der Waals surface area contributed by atoms with Crippen molar-refractivity contribution in [2.45, 2.75) is 45.6 Å². The molecule has 5 heteroatoms. The van der Waals surface area contributed by atoms with E-state index in [0.717, 1.165) is 43.3 Å². The van der Waals surface area contributed by atoms with E-state index in [2.05, 4.69) is 35.1 Å². The number of carbonyl (C=O) groups excluding carboxylic acids is 1. The number of aliphatic hydroxyl groups is 1. The first kappa shape index (κ1) is 18.0. The van der Waals surface area contributed by atoms with E-state index in [-0.39, 0.29) is 12.5 Å². The minimum Gasteiger partial charge on any atom is -0.395 e. The minimum atomic E-state index is -0.0392. The van der Waals surface area contributed by atoms with Gasteiger partial charge in [-0.2, -0.15) is 0 Å². The van der Waals surface area contributed by atoms with Crippen molar-refractivity contribution >= 4 is 16.8 Å². The van der Waals surface area contributed by atoms with Gasteiger partial charge in [-0.1, -0.05) is 6.07 Å². The number of aromatic nitrogens is 1. The van der Waals surface area contributed by atoms with Crippen LogP contribution in [0.25, 0.3) is 10.9 Å². The SMILES string of the molecule is Cc1ccc2[nH]c(C(=O)NCCCCN3CCCC3CO)cc2c1C. The van der Waals surface area contributed by atoms with Gasteiger partial charge in [-0.05, 0) is 75.9 Å². The van der Waals surface area contributed by atoms with Crippen LogP contribution in [0.15, 0.2) is 18.2 Å². The molecule has 1 atom stereocenters. The Morgan fingerprint density at radius 3 is 3.00 bits per heavy atom. The lowest BCUT2D eigenvalue weighted by molar-refractivity contribution is 0.0948. The Morgan fingerprint density at radius 1 is 1.36 bits per heavy atom. The van der Waals surface area contributed by atoms with Gasteiger partial charge in [0.2, 0.25) is 0 Å². The van der Waals surface area contributed by atoms with Gasteiger partial charge < -0.3 is 15.4 Å². The zero-order valence-electron chi connectivity index (χ0n) is 15.3. The first-order valence-corrected chi connectivity index (χ1v) is 9.32. The average molecular weight is 343 g/mol. The quantitative estimate of drug-likeness (QED) is 0.677. The molecule has 136 valence electrons. The van der Waals surface area contributed by atoms with Gasteiger partial charge in [0.15, 0.2) is 0 Å². The molecule has 1 aliphatic rings. The van der Waals surface area contributed by atoms with Crippen LogP contribution in [-0.2, 0) is 0 Å². The molecule has 1 aromatic carbocycles. The van der Waals surface area contributed by atoms with E-state index < -0.39 is 0 Å². The molecule has 3 N–H and O–H groups in total. The van der Waals surface area contributed by atoms with Gasteiger partial charge >= 0.3 is 0 Å². The highest BCUT2D eigenvalue weighted by Gasteiger charge is 2.22. The van der Waals surface area contributed by atoms with E-state index >= 15 is 0 Å². The van der Waals surface area contributed by atoms with Gasteiger partial charge in [0.25, 0.3) is 5.91 Å². The van der Waals surface area contributed by atoms with Crippen molar-refractivity contribution in [3.05, 3.63) is 35.0 Å². The minimum absolute atomic E-state index is 0.0392. The van der Waals surface area contributed by atoms with Crippen molar-refractivity contribution in [1.29, 1.82) is 0 Å². The zero-order valence-corrected chi connectivity index (χ0v) is 15.3. The Morgan fingerprint density at radius 2 is 2.20 bits per heavy atom. The Kier molecular flexibility index (Phi) is 5.76. The fourth-order valence-corrected chi connectivity index (χ4v) is 3.71. The number of hydrogen-bond donors (Lipinski definition) is 3. The topological polar surface area (TPSA) is 68.4 Å². The number of amides is 1. The second-order valence-electron chi connectivity index (χ2n) is 7.13. The van der Waals surface area contributed by atoms with Gasteiger partial charge in [0.1, 0.15) is 5.69 Å². The average Bonchev–Trinajstić information content (AvgIpc) is 3.24. The smallest absolute Gasteiger partial charge is 0.267 e. The summed E-state index contributed by atoms with van der Waals surface area (Å²) in [7, 11) is 0. The summed E-state index contributed by atoms with van der Waals surface area (Å²) in [5.41, 5.74) is 4.10. The third-order valence-corrected chi connectivity index (χ3v) is 5.46. The molecular weight excluding hydrogens is 314 g/mol. The number of carbonyl (C=O) groups is 1. The lowest BCUT2D eigenvalue weighted by Gasteiger charge is -2.22. The number of rotatable bonds is 7. The summed E-state index contributed by atoms with van der Waals surface area (Å²) in [6.07, 6.45) is 4.29. The largest absolute Gasteiger partial charge is 0.395 e. The van der Waals surface area contributed by atoms with E-state index in [1.807, 2.05) is 12.1 Å². The molecule has 1 aromatic heterocycles. The molecule has 1 saturated heterocycles. The molecule has 0 spiro atoms. The third kappa shape index (κ3) is 4.05. The molecule has 1 fully saturated rings. The predicted molar refractivity (Wildman–Crippen MR) is 101 cm³/mol. The Hall–Kier alpha value is -1.85. The molecule has 0 saturated carbocycles. The van der Waals surface area contributed by atoms with Gasteiger partial charge in [-0.3, -0.25) is 9.69 Å². The maximum Gasteiger partial charge on any atom is 0.267 e. The van der Waals surface area contributed by atoms with E-state index in [4.69, 9.17) is 0 Å². The summed E-state index contributed by atoms with van der Waals surface area (Å²) in [6, 6.07) is 6.39. The van der Waals surface area contributed by atoms with Crippen molar-refractivity contribution < 1.29 is 9.90 Å². The van der Waals surface area contributed by atoms with Gasteiger partial charge in [-0.25, -0.2) is 0 Å². The van der Waals surface area contributed by atoms with Gasteiger partial charge in [0.05, 0.1) is 6.61 Å². The van der Waals surface area contributed by atoms with Crippen molar-refractivity contribution in [3.63, 3.8) is 0 Å². The second kappa shape index (κ2) is 8.02. The summed E-state index contributed by atoms with van der Waals surface area (Å²) < 4.78 is 0. The normalized spacial score (nSPS) is 18.1. The van der Waals surface area contributed by atoms with Crippen molar-refractivity contribution in [3.8, 4) is 0 Å². The number of likely N-dealkylation sites (tertiary alicyclic amines) is 1. The molecule has 0 bridgehead atoms. The molecule has 1 amide bonds. The second-order valence-corrected chi connectivity index (χ2v) is 7.13. The molecule has 25 heavy (non-hydrogen) atoms. The number of hydrogen-bond acceptors (Lipinski definition) is 3. The van der Waals surface area contributed by atoms with Crippen LogP contribution in [0.3, 0.4) is 0 Å². The van der Waals surface area contributed by atoms with Crippen LogP contribution in [-0.4, -0.2) is 53.2 Å². The Labute approximate surface area is 149 Å². The number of fused-ring (bicyclic) bond motifs is 1. The maximum absolute atomic E-state index is 12.3. The van der Waals surface area contributed by atoms with E-state index in [1.54, 1.807) is 0 Å². The highest BCUT2D eigenvalue weighted by Crippen LogP contribution is 2.22. The van der Waals surface area contributed by atoms with Gasteiger partial charge in [-0.15, -0.1) is 0 Å². The lowest BCUT2D eigenvalue weighted by atomic mass is 10.1. The summed E-state index contributed by atoms with van der Waals surface area (Å²) >= 11 is 0. The molecule has 5 nitrogen and oxygen atoms in total. The van der Waals surface area contributed by atoms with E-state index in [9.17, 15) is 9.90 Å². The van der Waals surface area contributed by atoms with Gasteiger partial charge in [0, 0.05) is 23.5 Å². The Balaban J connectivity index is 1.46. The van der Waals surface area contributed by atoms with Crippen LogP contribution in [0.5, 0.6) is 0 Å². The molecule has 0 radical (unpaired) electrons. The molecule has 3 rings (SSSR count). The molecular formula is C20H29N3O2. The van der Waals surface area contributed by atoms with Crippen LogP contribution in [0, 0.1) is 13.8 Å². The summed E-state index contributed by atoms with van der Waals surface area (Å²) in [6.45, 7) is 7.21. The predicted octanol–water partition coefficient (Wildman–Crippen LogP) is 2.75. The lowest BCUT2D eigenvalue weighted by Crippen LogP contribution is -2.33. The first-order chi connectivity index (χ1) is 12.1. The number of nitrogens with one attached hydrogen (secondary N) is 2. The number of H-pyrrole nitrogens is 1. The zero-order chi connectivity index (χ0) is 17.8. The summed E-state index contributed by atoms with van der Waals surface area (Å²) in [5.74, 6) is -0.0392. The summed E-state index contributed by atoms with van der Waals surface area (Å²) in [5, 5.41) is 13.5. The molecule has 2 aromatic rings. The van der Waals surface area contributed by atoms with Crippen molar-refractivity contribution in [1.82, 2.24) is 15.2 Å². The third-order valence-electron chi connectivity index (χ3n) is 5.46. The van der Waals surface area contributed by atoms with Crippen LogP contribution < -0.4 is 5.32 Å². The van der Waals surface area contributed by atoms with Crippen LogP contribution in [0.1, 0.15) is 47.3 Å². The Bertz CT molecular complexity index is 738. The molecule has 0 aliphatic carbocycles. The number of benzene rings is 1.